The third-order valence-electron chi connectivity index (χ3n) is 4.31. The van der Waals surface area contributed by atoms with Crippen LogP contribution in [0, 0.1) is 12.8 Å². The highest BCUT2D eigenvalue weighted by Crippen LogP contribution is 2.32. The molecule has 2 unspecified atom stereocenters. The Balaban J connectivity index is 2.02. The highest BCUT2D eigenvalue weighted by atomic mass is 32.1. The maximum Gasteiger partial charge on any atom is 0.185 e. The van der Waals surface area contributed by atoms with Gasteiger partial charge >= 0.3 is 0 Å². The first-order chi connectivity index (χ1) is 9.47. The lowest BCUT2D eigenvalue weighted by molar-refractivity contribution is 0.336. The topological polar surface area (TPSA) is 28.2 Å². The molecule has 0 amide bonds. The van der Waals surface area contributed by atoms with Crippen LogP contribution in [0.25, 0.3) is 0 Å². The second-order valence-corrected chi connectivity index (χ2v) is 7.64. The molecule has 1 N–H and O–H groups in total. The number of rotatable bonds is 5. The molecule has 0 radical (unpaired) electrons. The smallest absolute Gasteiger partial charge is 0.185 e. The summed E-state index contributed by atoms with van der Waals surface area (Å²) in [4.78, 5) is 8.60. The summed E-state index contributed by atoms with van der Waals surface area (Å²) in [5, 5.41) is 4.69. The van der Waals surface area contributed by atoms with Gasteiger partial charge in [0, 0.05) is 30.6 Å². The van der Waals surface area contributed by atoms with Crippen molar-refractivity contribution in [1.29, 1.82) is 0 Å². The van der Waals surface area contributed by atoms with Gasteiger partial charge in [0.05, 0.1) is 5.69 Å². The first-order valence-corrected chi connectivity index (χ1v) is 8.71. The van der Waals surface area contributed by atoms with Gasteiger partial charge in [-0.3, -0.25) is 0 Å². The van der Waals surface area contributed by atoms with Crippen molar-refractivity contribution in [3.8, 4) is 0 Å². The summed E-state index contributed by atoms with van der Waals surface area (Å²) in [7, 11) is 2.22. The standard InChI is InChI=1S/C16H29N3S/c1-11(2)17-10-15-13(4)18-16(20-15)19(5)14-8-6-7-12(3)9-14/h11-12,14,17H,6-10H2,1-5H3. The average molecular weight is 295 g/mol. The fraction of sp³-hybridized carbons (Fsp3) is 0.812. The Kier molecular flexibility index (Phi) is 5.44. The van der Waals surface area contributed by atoms with Gasteiger partial charge in [0.1, 0.15) is 0 Å². The monoisotopic (exact) mass is 295 g/mol. The predicted molar refractivity (Wildman–Crippen MR) is 88.6 cm³/mol. The first-order valence-electron chi connectivity index (χ1n) is 7.90. The molecule has 0 aliphatic heterocycles. The number of nitrogens with one attached hydrogen (secondary N) is 1. The van der Waals surface area contributed by atoms with Crippen LogP contribution in [-0.4, -0.2) is 24.1 Å². The van der Waals surface area contributed by atoms with Crippen molar-refractivity contribution >= 4 is 16.5 Å². The Bertz CT molecular complexity index is 427. The Morgan fingerprint density at radius 3 is 2.80 bits per heavy atom. The Morgan fingerprint density at radius 2 is 2.15 bits per heavy atom. The third-order valence-corrected chi connectivity index (χ3v) is 5.56. The van der Waals surface area contributed by atoms with E-state index in [0.29, 0.717) is 12.1 Å². The minimum absolute atomic E-state index is 0.525. The van der Waals surface area contributed by atoms with E-state index in [0.717, 1.165) is 12.5 Å². The normalized spacial score (nSPS) is 23.3. The van der Waals surface area contributed by atoms with Gasteiger partial charge < -0.3 is 10.2 Å². The molecule has 20 heavy (non-hydrogen) atoms. The van der Waals surface area contributed by atoms with Crippen molar-refractivity contribution in [2.75, 3.05) is 11.9 Å². The van der Waals surface area contributed by atoms with Gasteiger partial charge in [0.2, 0.25) is 0 Å². The number of aromatic nitrogens is 1. The SMILES string of the molecule is Cc1nc(N(C)C2CCCC(C)C2)sc1CNC(C)C. The van der Waals surface area contributed by atoms with Crippen LogP contribution in [0.2, 0.25) is 0 Å². The van der Waals surface area contributed by atoms with Gasteiger partial charge in [0.15, 0.2) is 5.13 Å². The van der Waals surface area contributed by atoms with Crippen LogP contribution < -0.4 is 10.2 Å². The molecule has 1 aromatic rings. The van der Waals surface area contributed by atoms with Crippen LogP contribution in [0.4, 0.5) is 5.13 Å². The number of nitrogens with zero attached hydrogens (tertiary/aromatic N) is 2. The molecule has 4 heteroatoms. The zero-order chi connectivity index (χ0) is 14.7. The van der Waals surface area contributed by atoms with E-state index >= 15 is 0 Å². The Morgan fingerprint density at radius 1 is 1.40 bits per heavy atom. The molecule has 3 nitrogen and oxygen atoms in total. The molecule has 1 fully saturated rings. The second kappa shape index (κ2) is 6.90. The van der Waals surface area contributed by atoms with Gasteiger partial charge in [-0.2, -0.15) is 0 Å². The minimum Gasteiger partial charge on any atom is -0.348 e. The molecule has 2 atom stereocenters. The lowest BCUT2D eigenvalue weighted by Gasteiger charge is -2.33. The van der Waals surface area contributed by atoms with E-state index in [1.807, 2.05) is 11.3 Å². The maximum atomic E-state index is 4.79. The number of anilines is 1. The van der Waals surface area contributed by atoms with Crippen LogP contribution in [-0.2, 0) is 6.54 Å². The van der Waals surface area contributed by atoms with Crippen LogP contribution in [0.3, 0.4) is 0 Å². The molecule has 1 aromatic heterocycles. The largest absolute Gasteiger partial charge is 0.348 e. The molecular weight excluding hydrogens is 266 g/mol. The summed E-state index contributed by atoms with van der Waals surface area (Å²) in [5.41, 5.74) is 1.19. The van der Waals surface area contributed by atoms with Gasteiger partial charge in [-0.15, -0.1) is 11.3 Å². The van der Waals surface area contributed by atoms with Crippen LogP contribution in [0.5, 0.6) is 0 Å². The van der Waals surface area contributed by atoms with Crippen molar-refractivity contribution in [1.82, 2.24) is 10.3 Å². The summed E-state index contributed by atoms with van der Waals surface area (Å²) in [6.45, 7) is 9.83. The molecule has 1 aliphatic carbocycles. The molecular formula is C16H29N3S. The van der Waals surface area contributed by atoms with Gasteiger partial charge in [0.25, 0.3) is 0 Å². The molecule has 0 aromatic carbocycles. The summed E-state index contributed by atoms with van der Waals surface area (Å²) in [5.74, 6) is 0.860. The molecule has 0 bridgehead atoms. The molecule has 114 valence electrons. The molecule has 1 aliphatic rings. The van der Waals surface area contributed by atoms with E-state index in [9.17, 15) is 0 Å². The molecule has 1 heterocycles. The van der Waals surface area contributed by atoms with Crippen LogP contribution in [0.15, 0.2) is 0 Å². The van der Waals surface area contributed by atoms with E-state index in [1.165, 1.54) is 41.4 Å². The van der Waals surface area contributed by atoms with Crippen molar-refractivity contribution in [2.45, 2.75) is 72.0 Å². The minimum atomic E-state index is 0.525. The van der Waals surface area contributed by atoms with Crippen LogP contribution in [0.1, 0.15) is 57.0 Å². The molecule has 0 saturated heterocycles. The van der Waals surface area contributed by atoms with E-state index < -0.39 is 0 Å². The lowest BCUT2D eigenvalue weighted by atomic mass is 9.86. The predicted octanol–water partition coefficient (Wildman–Crippen LogP) is 3.96. The fourth-order valence-corrected chi connectivity index (χ4v) is 3.98. The molecule has 2 rings (SSSR count). The number of hydrogen-bond donors (Lipinski definition) is 1. The number of aryl methyl sites for hydroxylation is 1. The Hall–Kier alpha value is -0.610. The third kappa shape index (κ3) is 3.95. The maximum absolute atomic E-state index is 4.79. The van der Waals surface area contributed by atoms with Crippen molar-refractivity contribution < 1.29 is 0 Å². The van der Waals surface area contributed by atoms with E-state index in [1.54, 1.807) is 0 Å². The van der Waals surface area contributed by atoms with Crippen molar-refractivity contribution in [2.24, 2.45) is 5.92 Å². The lowest BCUT2D eigenvalue weighted by Crippen LogP contribution is -2.35. The van der Waals surface area contributed by atoms with Crippen molar-refractivity contribution in [3.05, 3.63) is 10.6 Å². The summed E-state index contributed by atoms with van der Waals surface area (Å²) in [6.07, 6.45) is 5.39. The van der Waals surface area contributed by atoms with Gasteiger partial charge in [-0.05, 0) is 25.7 Å². The highest BCUT2D eigenvalue weighted by molar-refractivity contribution is 7.15. The Labute approximate surface area is 127 Å². The summed E-state index contributed by atoms with van der Waals surface area (Å²) in [6, 6.07) is 1.20. The van der Waals surface area contributed by atoms with Gasteiger partial charge in [-0.25, -0.2) is 4.98 Å². The summed E-state index contributed by atoms with van der Waals surface area (Å²) < 4.78 is 0. The van der Waals surface area contributed by atoms with Crippen molar-refractivity contribution in [3.63, 3.8) is 0 Å². The fourth-order valence-electron chi connectivity index (χ4n) is 2.93. The quantitative estimate of drug-likeness (QED) is 0.891. The van der Waals surface area contributed by atoms with Gasteiger partial charge in [-0.1, -0.05) is 33.6 Å². The number of hydrogen-bond acceptors (Lipinski definition) is 4. The van der Waals surface area contributed by atoms with Crippen LogP contribution >= 0.6 is 11.3 Å². The van der Waals surface area contributed by atoms with E-state index in [-0.39, 0.29) is 0 Å². The zero-order valence-electron chi connectivity index (χ0n) is 13.6. The molecule has 0 spiro atoms. The molecule has 1 saturated carbocycles. The highest BCUT2D eigenvalue weighted by Gasteiger charge is 2.24. The second-order valence-electron chi connectivity index (χ2n) is 6.58. The first kappa shape index (κ1) is 15.8. The number of thiazole rings is 1. The van der Waals surface area contributed by atoms with E-state index in [4.69, 9.17) is 4.98 Å². The zero-order valence-corrected chi connectivity index (χ0v) is 14.4. The summed E-state index contributed by atoms with van der Waals surface area (Å²) >= 11 is 1.86. The van der Waals surface area contributed by atoms with E-state index in [2.05, 4.69) is 45.0 Å². The average Bonchev–Trinajstić information content (AvgIpc) is 2.77.